The summed E-state index contributed by atoms with van der Waals surface area (Å²) in [6.07, 6.45) is 14.2. The van der Waals surface area contributed by atoms with Crippen LogP contribution in [0.3, 0.4) is 0 Å². The maximum Gasteiger partial charge on any atom is 0.190 e. The molecule has 0 aliphatic heterocycles. The topological polar surface area (TPSA) is 46.7 Å². The molecule has 0 radical (unpaired) electrons. The molecule has 0 saturated heterocycles. The summed E-state index contributed by atoms with van der Waals surface area (Å²) in [5.41, 5.74) is 9.91. The van der Waals surface area contributed by atoms with Crippen LogP contribution in [0.1, 0.15) is 43.2 Å². The molecule has 0 aliphatic rings. The molecule has 5 aromatic rings. The summed E-state index contributed by atoms with van der Waals surface area (Å²) in [6, 6.07) is 36.1. The van der Waals surface area contributed by atoms with E-state index in [4.69, 9.17) is 4.99 Å². The Hall–Kier alpha value is -6.13. The highest BCUT2D eigenvalue weighted by Crippen LogP contribution is 2.31. The number of benzene rings is 4. The monoisotopic (exact) mass is 639 g/mol. The minimum absolute atomic E-state index is 0.0452. The second-order valence-electron chi connectivity index (χ2n) is 11.6. The fraction of sp³-hybridized carbons (Fsp3) is 0.0889. The van der Waals surface area contributed by atoms with Gasteiger partial charge in [0.2, 0.25) is 0 Å². The zero-order valence-corrected chi connectivity index (χ0v) is 28.6. The molecule has 242 valence electrons. The Balaban J connectivity index is 1.65. The van der Waals surface area contributed by atoms with Crippen molar-refractivity contribution in [3.8, 4) is 11.1 Å². The largest absolute Gasteiger partial charge is 0.343 e. The Kier molecular flexibility index (Phi) is 11.3. The lowest BCUT2D eigenvalue weighted by Crippen LogP contribution is -2.12. The summed E-state index contributed by atoms with van der Waals surface area (Å²) in [7, 11) is 2.00. The van der Waals surface area contributed by atoms with Crippen LogP contribution in [0.2, 0.25) is 0 Å². The molecule has 5 rings (SSSR count). The van der Waals surface area contributed by atoms with Gasteiger partial charge in [-0.1, -0.05) is 134 Å². The maximum absolute atomic E-state index is 13.9. The third-order valence-corrected chi connectivity index (χ3v) is 8.41. The van der Waals surface area contributed by atoms with E-state index in [-0.39, 0.29) is 5.43 Å². The molecule has 0 atom stereocenters. The summed E-state index contributed by atoms with van der Waals surface area (Å²) >= 11 is 0. The molecule has 0 N–H and O–H groups in total. The van der Waals surface area contributed by atoms with Crippen LogP contribution in [0.4, 0.5) is 0 Å². The average molecular weight is 640 g/mol. The minimum Gasteiger partial charge on any atom is -0.343 e. The SMILES string of the molecule is C=NC(=NC(=C)C(/C=C(/c1ccc(/C(C)=C/C=C\C=C/C)cc1)c1cc(=O)c2cc(-c3ccccc3)ccc2n1C)=C/C)c1ccccc1. The third-order valence-electron chi connectivity index (χ3n) is 8.41. The number of aliphatic imine (C=N–C) groups is 2. The Bertz CT molecular complexity index is 2220. The molecule has 1 aromatic heterocycles. The van der Waals surface area contributed by atoms with E-state index >= 15 is 0 Å². The number of aryl methyl sites for hydroxylation is 1. The van der Waals surface area contributed by atoms with Crippen molar-refractivity contribution in [2.75, 3.05) is 0 Å². The van der Waals surface area contributed by atoms with Gasteiger partial charge in [0.25, 0.3) is 0 Å². The molecular formula is C45H41N3O. The number of pyridine rings is 1. The fourth-order valence-corrected chi connectivity index (χ4v) is 5.67. The number of hydrogen-bond acceptors (Lipinski definition) is 2. The van der Waals surface area contributed by atoms with Gasteiger partial charge in [0.15, 0.2) is 11.3 Å². The van der Waals surface area contributed by atoms with Gasteiger partial charge in [-0.15, -0.1) is 0 Å². The molecule has 1 heterocycles. The number of rotatable bonds is 10. The highest BCUT2D eigenvalue weighted by Gasteiger charge is 2.15. The van der Waals surface area contributed by atoms with Gasteiger partial charge in [0.05, 0.1) is 16.9 Å². The second kappa shape index (κ2) is 16.1. The molecule has 0 aliphatic carbocycles. The van der Waals surface area contributed by atoms with Crippen molar-refractivity contribution in [2.24, 2.45) is 17.0 Å². The van der Waals surface area contributed by atoms with E-state index in [0.717, 1.165) is 55.7 Å². The first-order chi connectivity index (χ1) is 23.8. The van der Waals surface area contributed by atoms with Crippen LogP contribution >= 0.6 is 0 Å². The van der Waals surface area contributed by atoms with Crippen molar-refractivity contribution < 1.29 is 0 Å². The zero-order chi connectivity index (χ0) is 34.8. The molecule has 4 aromatic carbocycles. The van der Waals surface area contributed by atoms with Crippen LogP contribution in [0.25, 0.3) is 33.2 Å². The second-order valence-corrected chi connectivity index (χ2v) is 11.6. The summed E-state index contributed by atoms with van der Waals surface area (Å²) in [5.74, 6) is 0.488. The number of amidine groups is 1. The van der Waals surface area contributed by atoms with Crippen molar-refractivity contribution in [3.05, 3.63) is 202 Å². The predicted octanol–water partition coefficient (Wildman–Crippen LogP) is 10.8. The van der Waals surface area contributed by atoms with E-state index in [0.29, 0.717) is 16.9 Å². The summed E-state index contributed by atoms with van der Waals surface area (Å²) < 4.78 is 2.09. The minimum atomic E-state index is -0.0452. The number of allylic oxidation sites excluding steroid dienone is 8. The Morgan fingerprint density at radius 1 is 0.755 bits per heavy atom. The van der Waals surface area contributed by atoms with Gasteiger partial charge in [0, 0.05) is 29.6 Å². The smallest absolute Gasteiger partial charge is 0.190 e. The van der Waals surface area contributed by atoms with Gasteiger partial charge in [-0.05, 0) is 79.1 Å². The predicted molar refractivity (Wildman–Crippen MR) is 211 cm³/mol. The van der Waals surface area contributed by atoms with Crippen LogP contribution in [0.15, 0.2) is 184 Å². The van der Waals surface area contributed by atoms with Crippen molar-refractivity contribution in [3.63, 3.8) is 0 Å². The highest BCUT2D eigenvalue weighted by molar-refractivity contribution is 6.02. The Morgan fingerprint density at radius 3 is 2.08 bits per heavy atom. The van der Waals surface area contributed by atoms with Crippen LogP contribution < -0.4 is 5.43 Å². The first kappa shape index (κ1) is 34.2. The van der Waals surface area contributed by atoms with E-state index in [1.54, 1.807) is 6.07 Å². The van der Waals surface area contributed by atoms with E-state index < -0.39 is 0 Å². The lowest BCUT2D eigenvalue weighted by molar-refractivity contribution is 0.929. The molecule has 49 heavy (non-hydrogen) atoms. The van der Waals surface area contributed by atoms with Crippen LogP contribution in [0.5, 0.6) is 0 Å². The molecule has 4 heteroatoms. The van der Waals surface area contributed by atoms with E-state index in [1.807, 2.05) is 118 Å². The first-order valence-corrected chi connectivity index (χ1v) is 16.3. The molecule has 0 bridgehead atoms. The number of nitrogens with zero attached hydrogens (tertiary/aromatic N) is 3. The molecule has 4 nitrogen and oxygen atoms in total. The standard InChI is InChI=1S/C45H41N3O/c1-7-9-10-13-18-32(3)35-23-25-37(26-24-35)40(29-34(8-2)33(4)47-45(46-5)38-21-16-12-17-22-38)43-31-44(49)41-30-39(27-28-42(41)48(43)6)36-19-14-11-15-20-36/h7-31H,4-5H2,1-3,6H3/b9-7-,13-10-,32-18+,34-8+,40-29-,47-45?. The lowest BCUT2D eigenvalue weighted by Gasteiger charge is -2.18. The fourth-order valence-electron chi connectivity index (χ4n) is 5.67. The molecule has 0 unspecified atom stereocenters. The normalized spacial score (nSPS) is 13.1. The average Bonchev–Trinajstić information content (AvgIpc) is 3.15. The van der Waals surface area contributed by atoms with E-state index in [9.17, 15) is 4.79 Å². The number of fused-ring (bicyclic) bond motifs is 1. The van der Waals surface area contributed by atoms with Gasteiger partial charge < -0.3 is 4.57 Å². The van der Waals surface area contributed by atoms with Crippen LogP contribution in [-0.2, 0) is 7.05 Å². The quantitative estimate of drug-likeness (QED) is 0.0852. The number of aromatic nitrogens is 1. The Morgan fingerprint density at radius 2 is 1.43 bits per heavy atom. The van der Waals surface area contributed by atoms with Crippen LogP contribution in [0, 0.1) is 0 Å². The Labute approximate surface area is 289 Å². The van der Waals surface area contributed by atoms with Crippen molar-refractivity contribution >= 4 is 34.6 Å². The van der Waals surface area contributed by atoms with Gasteiger partial charge in [-0.25, -0.2) is 9.98 Å². The highest BCUT2D eigenvalue weighted by atomic mass is 16.1. The first-order valence-electron chi connectivity index (χ1n) is 16.3. The van der Waals surface area contributed by atoms with Gasteiger partial charge >= 0.3 is 0 Å². The summed E-state index contributed by atoms with van der Waals surface area (Å²) in [5, 5.41) is 0.666. The van der Waals surface area contributed by atoms with Gasteiger partial charge in [0.1, 0.15) is 0 Å². The van der Waals surface area contributed by atoms with Gasteiger partial charge in [-0.2, -0.15) is 0 Å². The van der Waals surface area contributed by atoms with Crippen molar-refractivity contribution in [1.82, 2.24) is 4.57 Å². The zero-order valence-electron chi connectivity index (χ0n) is 28.6. The van der Waals surface area contributed by atoms with Gasteiger partial charge in [-0.3, -0.25) is 4.79 Å². The summed E-state index contributed by atoms with van der Waals surface area (Å²) in [4.78, 5) is 22.8. The number of hydrogen-bond donors (Lipinski definition) is 0. The molecular weight excluding hydrogens is 599 g/mol. The van der Waals surface area contributed by atoms with E-state index in [2.05, 4.69) is 78.3 Å². The lowest BCUT2D eigenvalue weighted by atomic mass is 9.95. The maximum atomic E-state index is 13.9. The van der Waals surface area contributed by atoms with Crippen molar-refractivity contribution in [1.29, 1.82) is 0 Å². The molecule has 0 spiro atoms. The van der Waals surface area contributed by atoms with E-state index in [1.165, 1.54) is 0 Å². The third kappa shape index (κ3) is 8.06. The van der Waals surface area contributed by atoms with Crippen molar-refractivity contribution in [2.45, 2.75) is 20.8 Å². The van der Waals surface area contributed by atoms with Crippen LogP contribution in [-0.4, -0.2) is 17.1 Å². The molecule has 0 amide bonds. The molecule has 0 saturated carbocycles. The summed E-state index contributed by atoms with van der Waals surface area (Å²) in [6.45, 7) is 14.1. The molecule has 0 fully saturated rings.